The summed E-state index contributed by atoms with van der Waals surface area (Å²) in [5.41, 5.74) is 1.06. The lowest BCUT2D eigenvalue weighted by Gasteiger charge is -2.32. The minimum absolute atomic E-state index is 0.0526. The van der Waals surface area contributed by atoms with Crippen LogP contribution in [0.1, 0.15) is 18.9 Å². The molecule has 1 aromatic carbocycles. The van der Waals surface area contributed by atoms with E-state index in [0.717, 1.165) is 36.1 Å². The van der Waals surface area contributed by atoms with E-state index in [1.165, 1.54) is 4.70 Å². The lowest BCUT2D eigenvalue weighted by atomic mass is 10.2. The quantitative estimate of drug-likeness (QED) is 0.743. The van der Waals surface area contributed by atoms with Crippen molar-refractivity contribution in [3.8, 4) is 0 Å². The number of fused-ring (bicyclic) bond motifs is 1. The van der Waals surface area contributed by atoms with Crippen LogP contribution < -0.4 is 4.90 Å². The van der Waals surface area contributed by atoms with Crippen molar-refractivity contribution in [2.24, 2.45) is 0 Å². The Morgan fingerprint density at radius 2 is 2.27 bits per heavy atom. The third-order valence-corrected chi connectivity index (χ3v) is 4.99. The van der Waals surface area contributed by atoms with Gasteiger partial charge in [0.05, 0.1) is 23.4 Å². The Balaban J connectivity index is 1.60. The Bertz CT molecular complexity index is 750. The Morgan fingerprint density at radius 1 is 1.36 bits per heavy atom. The fraction of sp³-hybridized carbons (Fsp3) is 0.400. The number of aryl methyl sites for hydroxylation is 1. The van der Waals surface area contributed by atoms with E-state index in [1.54, 1.807) is 17.7 Å². The van der Waals surface area contributed by atoms with Crippen LogP contribution in [0.2, 0.25) is 0 Å². The van der Waals surface area contributed by atoms with E-state index in [1.807, 2.05) is 10.6 Å². The Hall–Kier alpha value is -1.99. The van der Waals surface area contributed by atoms with Gasteiger partial charge in [-0.05, 0) is 19.1 Å². The largest absolute Gasteiger partial charge is 0.366 e. The van der Waals surface area contributed by atoms with Gasteiger partial charge in [0.2, 0.25) is 0 Å². The number of hydrogen-bond donors (Lipinski definition) is 0. The number of benzene rings is 1. The molecule has 114 valence electrons. The van der Waals surface area contributed by atoms with Gasteiger partial charge in [0.1, 0.15) is 12.4 Å². The minimum atomic E-state index is -0.0526. The second-order valence-electron chi connectivity index (χ2n) is 5.24. The van der Waals surface area contributed by atoms with Crippen LogP contribution in [-0.2, 0) is 11.3 Å². The first-order chi connectivity index (χ1) is 10.8. The molecule has 3 aromatic rings. The molecule has 0 aliphatic carbocycles. The van der Waals surface area contributed by atoms with Crippen LogP contribution in [0.4, 0.5) is 5.13 Å². The summed E-state index contributed by atoms with van der Waals surface area (Å²) in [5.74, 6) is 0.897. The maximum atomic E-state index is 5.90. The van der Waals surface area contributed by atoms with E-state index in [-0.39, 0.29) is 6.10 Å². The number of ether oxygens (including phenoxy) is 1. The Morgan fingerprint density at radius 3 is 3.14 bits per heavy atom. The van der Waals surface area contributed by atoms with Gasteiger partial charge >= 0.3 is 0 Å². The summed E-state index contributed by atoms with van der Waals surface area (Å²) in [6, 6.07) is 8.25. The van der Waals surface area contributed by atoms with Gasteiger partial charge < -0.3 is 14.2 Å². The highest BCUT2D eigenvalue weighted by atomic mass is 32.1. The Kier molecular flexibility index (Phi) is 3.51. The molecular weight excluding hydrogens is 298 g/mol. The van der Waals surface area contributed by atoms with Crippen LogP contribution in [0.3, 0.4) is 0 Å². The summed E-state index contributed by atoms with van der Waals surface area (Å²) in [6.07, 6.45) is 1.71. The van der Waals surface area contributed by atoms with Crippen LogP contribution in [0.5, 0.6) is 0 Å². The molecule has 1 unspecified atom stereocenters. The first-order valence-corrected chi connectivity index (χ1v) is 8.26. The third-order valence-electron chi connectivity index (χ3n) is 3.89. The summed E-state index contributed by atoms with van der Waals surface area (Å²) < 4.78 is 9.16. The molecule has 0 amide bonds. The van der Waals surface area contributed by atoms with Gasteiger partial charge in [0, 0.05) is 13.1 Å². The first kappa shape index (κ1) is 13.7. The zero-order chi connectivity index (χ0) is 14.9. The number of anilines is 1. The summed E-state index contributed by atoms with van der Waals surface area (Å²) >= 11 is 1.73. The maximum absolute atomic E-state index is 5.90. The van der Waals surface area contributed by atoms with Crippen molar-refractivity contribution in [2.75, 3.05) is 24.6 Å². The zero-order valence-corrected chi connectivity index (χ0v) is 13.2. The predicted molar refractivity (Wildman–Crippen MR) is 86.2 cm³/mol. The Labute approximate surface area is 132 Å². The molecule has 6 nitrogen and oxygen atoms in total. The molecule has 1 fully saturated rings. The average molecular weight is 315 g/mol. The highest BCUT2D eigenvalue weighted by Crippen LogP contribution is 2.31. The van der Waals surface area contributed by atoms with Crippen molar-refractivity contribution in [1.29, 1.82) is 0 Å². The van der Waals surface area contributed by atoms with E-state index in [9.17, 15) is 0 Å². The standard InChI is InChI=1S/C15H17N5OS/c1-2-19-10-16-18-14(19)12-9-20(7-8-21-12)15-17-11-5-3-4-6-13(11)22-15/h3-6,10,12H,2,7-9H2,1H3. The van der Waals surface area contributed by atoms with Crippen LogP contribution in [0.25, 0.3) is 10.2 Å². The molecule has 1 aliphatic heterocycles. The highest BCUT2D eigenvalue weighted by molar-refractivity contribution is 7.22. The van der Waals surface area contributed by atoms with Crippen molar-refractivity contribution in [1.82, 2.24) is 19.7 Å². The summed E-state index contributed by atoms with van der Waals surface area (Å²) in [4.78, 5) is 7.03. The molecule has 0 radical (unpaired) electrons. The normalized spacial score (nSPS) is 19.0. The van der Waals surface area contributed by atoms with Gasteiger partial charge in [-0.2, -0.15) is 0 Å². The summed E-state index contributed by atoms with van der Waals surface area (Å²) in [6.45, 7) is 5.23. The SMILES string of the molecule is CCn1cnnc1C1CN(c2nc3ccccc3s2)CCO1. The van der Waals surface area contributed by atoms with E-state index in [4.69, 9.17) is 9.72 Å². The van der Waals surface area contributed by atoms with Crippen molar-refractivity contribution in [3.05, 3.63) is 36.4 Å². The van der Waals surface area contributed by atoms with Crippen LogP contribution in [0, 0.1) is 0 Å². The average Bonchev–Trinajstić information content (AvgIpc) is 3.21. The van der Waals surface area contributed by atoms with Gasteiger partial charge in [-0.1, -0.05) is 23.5 Å². The van der Waals surface area contributed by atoms with Gasteiger partial charge in [0.25, 0.3) is 0 Å². The molecule has 0 N–H and O–H groups in total. The fourth-order valence-electron chi connectivity index (χ4n) is 2.73. The van der Waals surface area contributed by atoms with Crippen molar-refractivity contribution in [2.45, 2.75) is 19.6 Å². The first-order valence-electron chi connectivity index (χ1n) is 7.45. The molecule has 1 saturated heterocycles. The van der Waals surface area contributed by atoms with Crippen LogP contribution in [0.15, 0.2) is 30.6 Å². The lowest BCUT2D eigenvalue weighted by molar-refractivity contribution is 0.0316. The van der Waals surface area contributed by atoms with Gasteiger partial charge in [0.15, 0.2) is 11.0 Å². The van der Waals surface area contributed by atoms with E-state index >= 15 is 0 Å². The number of aromatic nitrogens is 4. The molecule has 2 aromatic heterocycles. The number of hydrogen-bond acceptors (Lipinski definition) is 6. The molecule has 1 atom stereocenters. The van der Waals surface area contributed by atoms with Crippen LogP contribution >= 0.6 is 11.3 Å². The van der Waals surface area contributed by atoms with Crippen molar-refractivity contribution >= 4 is 26.7 Å². The van der Waals surface area contributed by atoms with E-state index in [0.29, 0.717) is 6.61 Å². The number of thiazole rings is 1. The molecule has 7 heteroatoms. The van der Waals surface area contributed by atoms with Crippen molar-refractivity contribution < 1.29 is 4.74 Å². The molecule has 0 spiro atoms. The number of morpholine rings is 1. The molecule has 22 heavy (non-hydrogen) atoms. The number of rotatable bonds is 3. The topological polar surface area (TPSA) is 56.1 Å². The number of para-hydroxylation sites is 1. The van der Waals surface area contributed by atoms with Gasteiger partial charge in [-0.15, -0.1) is 10.2 Å². The molecule has 4 rings (SSSR count). The molecule has 0 saturated carbocycles. The summed E-state index contributed by atoms with van der Waals surface area (Å²) in [5, 5.41) is 9.28. The third kappa shape index (κ3) is 2.36. The van der Waals surface area contributed by atoms with E-state index < -0.39 is 0 Å². The maximum Gasteiger partial charge on any atom is 0.186 e. The minimum Gasteiger partial charge on any atom is -0.366 e. The highest BCUT2D eigenvalue weighted by Gasteiger charge is 2.27. The smallest absolute Gasteiger partial charge is 0.186 e. The zero-order valence-electron chi connectivity index (χ0n) is 12.3. The predicted octanol–water partition coefficient (Wildman–Crippen LogP) is 2.49. The van der Waals surface area contributed by atoms with E-state index in [2.05, 4.69) is 40.2 Å². The monoisotopic (exact) mass is 315 g/mol. The lowest BCUT2D eigenvalue weighted by Crippen LogP contribution is -2.39. The molecule has 3 heterocycles. The second-order valence-corrected chi connectivity index (χ2v) is 6.25. The van der Waals surface area contributed by atoms with Gasteiger partial charge in [-0.3, -0.25) is 0 Å². The summed E-state index contributed by atoms with van der Waals surface area (Å²) in [7, 11) is 0. The van der Waals surface area contributed by atoms with Gasteiger partial charge in [-0.25, -0.2) is 4.98 Å². The molecular formula is C15H17N5OS. The number of nitrogens with zero attached hydrogens (tertiary/aromatic N) is 5. The van der Waals surface area contributed by atoms with Crippen LogP contribution in [-0.4, -0.2) is 39.4 Å². The van der Waals surface area contributed by atoms with Crippen molar-refractivity contribution in [3.63, 3.8) is 0 Å². The fourth-order valence-corrected chi connectivity index (χ4v) is 3.73. The molecule has 0 bridgehead atoms. The second kappa shape index (κ2) is 5.66. The molecule has 1 aliphatic rings.